The Kier molecular flexibility index (Phi) is 7.13. The van der Waals surface area contributed by atoms with Gasteiger partial charge in [-0.15, -0.1) is 0 Å². The zero-order valence-electron chi connectivity index (χ0n) is 18.3. The average molecular weight is 421 g/mol. The molecule has 0 aliphatic rings. The molecule has 6 nitrogen and oxygen atoms in total. The molecule has 0 saturated carbocycles. The van der Waals surface area contributed by atoms with Crippen molar-refractivity contribution in [2.75, 3.05) is 20.8 Å². The lowest BCUT2D eigenvalue weighted by molar-refractivity contribution is 0.0945. The Bertz CT molecular complexity index is 1020. The minimum atomic E-state index is -0.302. The number of methoxy groups -OCH3 is 2. The Hall–Kier alpha value is -3.54. The van der Waals surface area contributed by atoms with Crippen LogP contribution in [0.5, 0.6) is 17.2 Å². The largest absolute Gasteiger partial charge is 0.493 e. The van der Waals surface area contributed by atoms with Crippen LogP contribution in [-0.4, -0.2) is 31.7 Å². The summed E-state index contributed by atoms with van der Waals surface area (Å²) in [5, 5.41) is 3.03. The minimum Gasteiger partial charge on any atom is -0.493 e. The molecule has 3 rings (SSSR count). The Labute approximate surface area is 183 Å². The van der Waals surface area contributed by atoms with Gasteiger partial charge in [0.05, 0.1) is 14.2 Å². The van der Waals surface area contributed by atoms with Gasteiger partial charge in [-0.2, -0.15) is 0 Å². The smallest absolute Gasteiger partial charge is 0.251 e. The molecule has 0 bridgehead atoms. The number of ether oxygens (including phenoxy) is 3. The Morgan fingerprint density at radius 2 is 1.81 bits per heavy atom. The highest BCUT2D eigenvalue weighted by Gasteiger charge is 2.23. The zero-order chi connectivity index (χ0) is 22.3. The Balaban J connectivity index is 1.63. The van der Waals surface area contributed by atoms with E-state index in [1.54, 1.807) is 38.7 Å². The summed E-state index contributed by atoms with van der Waals surface area (Å²) in [5.41, 5.74) is 2.25. The van der Waals surface area contributed by atoms with Crippen molar-refractivity contribution in [3.63, 3.8) is 0 Å². The molecule has 0 aliphatic heterocycles. The topological polar surface area (TPSA) is 69.7 Å². The summed E-state index contributed by atoms with van der Waals surface area (Å²) >= 11 is 0. The quantitative estimate of drug-likeness (QED) is 0.556. The van der Waals surface area contributed by atoms with Crippen molar-refractivity contribution >= 4 is 5.91 Å². The molecular weight excluding hydrogens is 392 g/mol. The van der Waals surface area contributed by atoms with Gasteiger partial charge in [0.25, 0.3) is 5.91 Å². The molecule has 0 radical (unpaired) electrons. The van der Waals surface area contributed by atoms with E-state index in [9.17, 15) is 4.79 Å². The lowest BCUT2D eigenvalue weighted by Gasteiger charge is -2.26. The third-order valence-electron chi connectivity index (χ3n) is 5.08. The van der Waals surface area contributed by atoms with Crippen LogP contribution in [-0.2, 0) is 12.0 Å². The number of hydrogen-bond acceptors (Lipinski definition) is 5. The summed E-state index contributed by atoms with van der Waals surface area (Å²) in [6, 6.07) is 16.8. The van der Waals surface area contributed by atoms with Crippen LogP contribution < -0.4 is 19.5 Å². The second-order valence-corrected chi connectivity index (χ2v) is 7.81. The van der Waals surface area contributed by atoms with Crippen molar-refractivity contribution in [3.8, 4) is 17.2 Å². The standard InChI is InChI=1S/C25H28N2O4/c1-25(2,20-10-11-22(29-3)23(14-20)30-4)17-27-24(28)19-8-5-9-21(13-19)31-16-18-7-6-12-26-15-18/h5-15H,16-17H2,1-4H3,(H,27,28). The van der Waals surface area contributed by atoms with E-state index in [2.05, 4.69) is 24.1 Å². The maximum absolute atomic E-state index is 12.8. The summed E-state index contributed by atoms with van der Waals surface area (Å²) < 4.78 is 16.5. The van der Waals surface area contributed by atoms with Crippen LogP contribution in [0.15, 0.2) is 67.0 Å². The maximum Gasteiger partial charge on any atom is 0.251 e. The molecule has 0 aliphatic carbocycles. The number of nitrogens with zero attached hydrogens (tertiary/aromatic N) is 1. The van der Waals surface area contributed by atoms with Gasteiger partial charge in [-0.25, -0.2) is 0 Å². The van der Waals surface area contributed by atoms with Gasteiger partial charge in [-0.3, -0.25) is 9.78 Å². The molecule has 1 N–H and O–H groups in total. The summed E-state index contributed by atoms with van der Waals surface area (Å²) in [6.45, 7) is 5.00. The molecule has 31 heavy (non-hydrogen) atoms. The van der Waals surface area contributed by atoms with Crippen molar-refractivity contribution in [2.45, 2.75) is 25.9 Å². The first-order chi connectivity index (χ1) is 14.9. The van der Waals surface area contributed by atoms with Crippen LogP contribution in [0.2, 0.25) is 0 Å². The van der Waals surface area contributed by atoms with Crippen LogP contribution in [0.1, 0.15) is 35.3 Å². The van der Waals surface area contributed by atoms with Crippen LogP contribution in [0.3, 0.4) is 0 Å². The molecule has 0 atom stereocenters. The number of carbonyl (C=O) groups is 1. The SMILES string of the molecule is COc1ccc(C(C)(C)CNC(=O)c2cccc(OCc3cccnc3)c2)cc1OC. The van der Waals surface area contributed by atoms with Crippen LogP contribution >= 0.6 is 0 Å². The van der Waals surface area contributed by atoms with Gasteiger partial charge in [0.2, 0.25) is 0 Å². The number of amides is 1. The Morgan fingerprint density at radius 3 is 2.52 bits per heavy atom. The van der Waals surface area contributed by atoms with Gasteiger partial charge in [-0.1, -0.05) is 32.0 Å². The predicted molar refractivity (Wildman–Crippen MR) is 120 cm³/mol. The normalized spacial score (nSPS) is 11.0. The van der Waals surface area contributed by atoms with E-state index in [4.69, 9.17) is 14.2 Å². The number of aromatic nitrogens is 1. The number of benzene rings is 2. The number of rotatable bonds is 9. The average Bonchev–Trinajstić information content (AvgIpc) is 2.81. The van der Waals surface area contributed by atoms with E-state index in [0.717, 1.165) is 11.1 Å². The van der Waals surface area contributed by atoms with Gasteiger partial charge in [0.1, 0.15) is 12.4 Å². The van der Waals surface area contributed by atoms with Crippen molar-refractivity contribution in [2.24, 2.45) is 0 Å². The second-order valence-electron chi connectivity index (χ2n) is 7.81. The molecule has 3 aromatic rings. The van der Waals surface area contributed by atoms with E-state index in [1.165, 1.54) is 0 Å². The molecule has 6 heteroatoms. The van der Waals surface area contributed by atoms with Crippen LogP contribution in [0.25, 0.3) is 0 Å². The predicted octanol–water partition coefficient (Wildman–Crippen LogP) is 4.39. The van der Waals surface area contributed by atoms with Crippen LogP contribution in [0.4, 0.5) is 0 Å². The maximum atomic E-state index is 12.8. The lowest BCUT2D eigenvalue weighted by atomic mass is 9.84. The molecule has 0 unspecified atom stereocenters. The van der Waals surface area contributed by atoms with Gasteiger partial charge in [0, 0.05) is 35.5 Å². The molecule has 0 saturated heterocycles. The number of pyridine rings is 1. The molecular formula is C25H28N2O4. The van der Waals surface area contributed by atoms with E-state index in [-0.39, 0.29) is 11.3 Å². The fraction of sp³-hybridized carbons (Fsp3) is 0.280. The molecule has 0 spiro atoms. The highest BCUT2D eigenvalue weighted by Crippen LogP contribution is 2.33. The van der Waals surface area contributed by atoms with Gasteiger partial charge < -0.3 is 19.5 Å². The van der Waals surface area contributed by atoms with E-state index >= 15 is 0 Å². The van der Waals surface area contributed by atoms with E-state index in [0.29, 0.717) is 36.0 Å². The van der Waals surface area contributed by atoms with Crippen LogP contribution in [0, 0.1) is 0 Å². The van der Waals surface area contributed by atoms with Gasteiger partial charge in [-0.05, 0) is 42.0 Å². The minimum absolute atomic E-state index is 0.152. The monoisotopic (exact) mass is 420 g/mol. The fourth-order valence-corrected chi connectivity index (χ4v) is 3.14. The third-order valence-corrected chi connectivity index (χ3v) is 5.08. The molecule has 1 amide bonds. The number of carbonyl (C=O) groups excluding carboxylic acids is 1. The van der Waals surface area contributed by atoms with Crippen molar-refractivity contribution in [1.29, 1.82) is 0 Å². The molecule has 0 fully saturated rings. The lowest BCUT2D eigenvalue weighted by Crippen LogP contribution is -2.36. The fourth-order valence-electron chi connectivity index (χ4n) is 3.14. The third kappa shape index (κ3) is 5.75. The highest BCUT2D eigenvalue weighted by atomic mass is 16.5. The molecule has 162 valence electrons. The van der Waals surface area contributed by atoms with Crippen molar-refractivity contribution in [1.82, 2.24) is 10.3 Å². The summed E-state index contributed by atoms with van der Waals surface area (Å²) in [5.74, 6) is 1.82. The first-order valence-corrected chi connectivity index (χ1v) is 10.1. The van der Waals surface area contributed by atoms with Crippen molar-refractivity contribution in [3.05, 3.63) is 83.7 Å². The highest BCUT2D eigenvalue weighted by molar-refractivity contribution is 5.94. The second kappa shape index (κ2) is 9.98. The van der Waals surface area contributed by atoms with Crippen molar-refractivity contribution < 1.29 is 19.0 Å². The first-order valence-electron chi connectivity index (χ1n) is 10.1. The van der Waals surface area contributed by atoms with E-state index < -0.39 is 0 Å². The number of nitrogens with one attached hydrogen (secondary N) is 1. The summed E-state index contributed by atoms with van der Waals surface area (Å²) in [4.78, 5) is 16.8. The summed E-state index contributed by atoms with van der Waals surface area (Å²) in [7, 11) is 3.22. The van der Waals surface area contributed by atoms with Gasteiger partial charge >= 0.3 is 0 Å². The molecule has 1 heterocycles. The zero-order valence-corrected chi connectivity index (χ0v) is 18.3. The summed E-state index contributed by atoms with van der Waals surface area (Å²) in [6.07, 6.45) is 3.48. The van der Waals surface area contributed by atoms with Gasteiger partial charge in [0.15, 0.2) is 11.5 Å². The van der Waals surface area contributed by atoms with E-state index in [1.807, 2.05) is 42.5 Å². The number of hydrogen-bond donors (Lipinski definition) is 1. The Morgan fingerprint density at radius 1 is 1.00 bits per heavy atom. The molecule has 2 aromatic carbocycles. The molecule has 1 aromatic heterocycles. The first kappa shape index (κ1) is 22.2.